The molecule has 1 aromatic heterocycles. The molecule has 0 atom stereocenters. The molecular weight excluding hydrogens is 434 g/mol. The first-order valence-corrected chi connectivity index (χ1v) is 12.0. The monoisotopic (exact) mass is 465 g/mol. The van der Waals surface area contributed by atoms with Crippen LogP contribution in [0.4, 0.5) is 11.4 Å². The minimum Gasteiger partial charge on any atom is -0.369 e. The highest BCUT2D eigenvalue weighted by Gasteiger charge is 2.22. The Balaban J connectivity index is 1.53. The molecule has 1 fully saturated rings. The van der Waals surface area contributed by atoms with Crippen molar-refractivity contribution in [1.29, 1.82) is 0 Å². The third-order valence-corrected chi connectivity index (χ3v) is 6.56. The van der Waals surface area contributed by atoms with Gasteiger partial charge >= 0.3 is 0 Å². The first-order valence-electron chi connectivity index (χ1n) is 11.6. The van der Waals surface area contributed by atoms with Crippen molar-refractivity contribution in [2.45, 2.75) is 33.6 Å². The van der Waals surface area contributed by atoms with Gasteiger partial charge in [0.05, 0.1) is 23.1 Å². The van der Waals surface area contributed by atoms with E-state index in [1.54, 1.807) is 6.20 Å². The summed E-state index contributed by atoms with van der Waals surface area (Å²) >= 11 is 6.04. The van der Waals surface area contributed by atoms with Crippen LogP contribution in [0.15, 0.2) is 48.7 Å². The smallest absolute Gasteiger partial charge is 0.259 e. The maximum absolute atomic E-state index is 13.2. The maximum Gasteiger partial charge on any atom is 0.259 e. The van der Waals surface area contributed by atoms with Gasteiger partial charge in [-0.15, -0.1) is 0 Å². The number of carbonyl (C=O) groups excluding carboxylic acids is 1. The normalized spacial score (nSPS) is 14.7. The molecule has 3 aromatic rings. The van der Waals surface area contributed by atoms with E-state index >= 15 is 0 Å². The van der Waals surface area contributed by atoms with E-state index in [9.17, 15) is 4.79 Å². The Labute approximate surface area is 201 Å². The number of piperazine rings is 1. The van der Waals surface area contributed by atoms with Gasteiger partial charge in [0.25, 0.3) is 5.91 Å². The van der Waals surface area contributed by atoms with Crippen molar-refractivity contribution in [2.75, 3.05) is 42.9 Å². The number of nitrogens with zero attached hydrogens (tertiary/aromatic N) is 4. The average molecular weight is 466 g/mol. The van der Waals surface area contributed by atoms with Crippen molar-refractivity contribution in [1.82, 2.24) is 14.7 Å². The summed E-state index contributed by atoms with van der Waals surface area (Å²) in [6.07, 6.45) is 1.65. The van der Waals surface area contributed by atoms with Crippen molar-refractivity contribution >= 4 is 28.9 Å². The van der Waals surface area contributed by atoms with Gasteiger partial charge in [0.15, 0.2) is 0 Å². The number of amides is 1. The molecule has 0 aliphatic carbocycles. The Morgan fingerprint density at radius 3 is 2.33 bits per heavy atom. The predicted molar refractivity (Wildman–Crippen MR) is 136 cm³/mol. The van der Waals surface area contributed by atoms with Gasteiger partial charge in [-0.1, -0.05) is 32.4 Å². The van der Waals surface area contributed by atoms with Crippen molar-refractivity contribution in [3.63, 3.8) is 0 Å². The highest BCUT2D eigenvalue weighted by Crippen LogP contribution is 2.27. The van der Waals surface area contributed by atoms with E-state index in [1.807, 2.05) is 41.9 Å². The molecule has 33 heavy (non-hydrogen) atoms. The zero-order valence-corrected chi connectivity index (χ0v) is 20.6. The fourth-order valence-electron chi connectivity index (χ4n) is 4.37. The maximum atomic E-state index is 13.2. The molecule has 0 spiro atoms. The quantitative estimate of drug-likeness (QED) is 0.533. The molecule has 2 heterocycles. The number of hydrogen-bond donors (Lipinski definition) is 1. The van der Waals surface area contributed by atoms with Crippen molar-refractivity contribution < 1.29 is 4.79 Å². The molecule has 0 unspecified atom stereocenters. The Hall–Kier alpha value is -2.83. The summed E-state index contributed by atoms with van der Waals surface area (Å²) in [5.74, 6) is -0.0273. The second kappa shape index (κ2) is 9.98. The number of anilines is 2. The molecule has 174 valence electrons. The Morgan fingerprint density at radius 1 is 1.06 bits per heavy atom. The van der Waals surface area contributed by atoms with Gasteiger partial charge in [0.1, 0.15) is 0 Å². The summed E-state index contributed by atoms with van der Waals surface area (Å²) in [4.78, 5) is 18.1. The molecule has 1 aliphatic heterocycles. The number of rotatable bonds is 6. The van der Waals surface area contributed by atoms with Crippen LogP contribution in [0.5, 0.6) is 0 Å². The lowest BCUT2D eigenvalue weighted by Crippen LogP contribution is -2.46. The van der Waals surface area contributed by atoms with Crippen LogP contribution in [0.1, 0.15) is 48.3 Å². The zero-order valence-electron chi connectivity index (χ0n) is 19.8. The summed E-state index contributed by atoms with van der Waals surface area (Å²) < 4.78 is 1.82. The van der Waals surface area contributed by atoms with Crippen LogP contribution in [-0.2, 0) is 0 Å². The molecule has 4 rings (SSSR count). The van der Waals surface area contributed by atoms with Gasteiger partial charge in [-0.25, -0.2) is 4.68 Å². The molecule has 1 amide bonds. The van der Waals surface area contributed by atoms with Crippen LogP contribution in [0.3, 0.4) is 0 Å². The lowest BCUT2D eigenvalue weighted by atomic mass is 10.0. The fraction of sp³-hybridized carbons (Fsp3) is 0.385. The number of hydrogen-bond acceptors (Lipinski definition) is 4. The summed E-state index contributed by atoms with van der Waals surface area (Å²) in [6, 6.07) is 13.7. The van der Waals surface area contributed by atoms with Crippen LogP contribution in [0.2, 0.25) is 5.02 Å². The Morgan fingerprint density at radius 2 is 1.73 bits per heavy atom. The minimum absolute atomic E-state index is 0.120. The molecule has 0 saturated carbocycles. The number of aryl methyl sites for hydroxylation is 1. The summed E-state index contributed by atoms with van der Waals surface area (Å²) in [7, 11) is 0. The number of aromatic nitrogens is 2. The Kier molecular flexibility index (Phi) is 7.05. The van der Waals surface area contributed by atoms with E-state index in [0.717, 1.165) is 55.4 Å². The molecule has 1 saturated heterocycles. The molecule has 0 radical (unpaired) electrons. The molecule has 0 bridgehead atoms. The molecule has 2 aromatic carbocycles. The standard InChI is InChI=1S/C26H32ClN5O/c1-5-30-12-14-31(15-13-30)22-10-11-24(19(4)16-22)29-26(33)23-17-28-32(25(23)18(2)3)21-8-6-20(27)7-9-21/h6-11,16-18H,5,12-15H2,1-4H3,(H,29,33). The second-order valence-corrected chi connectivity index (χ2v) is 9.30. The summed E-state index contributed by atoms with van der Waals surface area (Å²) in [6.45, 7) is 13.7. The van der Waals surface area contributed by atoms with E-state index in [1.165, 1.54) is 5.69 Å². The highest BCUT2D eigenvalue weighted by molar-refractivity contribution is 6.30. The Bertz CT molecular complexity index is 1110. The van der Waals surface area contributed by atoms with Gasteiger partial charge in [0, 0.05) is 42.6 Å². The summed E-state index contributed by atoms with van der Waals surface area (Å²) in [5.41, 5.74) is 5.42. The van der Waals surface area contributed by atoms with Crippen LogP contribution in [0.25, 0.3) is 5.69 Å². The molecule has 6 nitrogen and oxygen atoms in total. The number of nitrogens with one attached hydrogen (secondary N) is 1. The first-order chi connectivity index (χ1) is 15.9. The average Bonchev–Trinajstić information content (AvgIpc) is 3.27. The highest BCUT2D eigenvalue weighted by atomic mass is 35.5. The molecule has 1 aliphatic rings. The van der Waals surface area contributed by atoms with Crippen molar-refractivity contribution in [3.8, 4) is 5.69 Å². The lowest BCUT2D eigenvalue weighted by Gasteiger charge is -2.35. The fourth-order valence-corrected chi connectivity index (χ4v) is 4.50. The number of halogens is 1. The molecular formula is C26H32ClN5O. The van der Waals surface area contributed by atoms with E-state index in [2.05, 4.69) is 53.1 Å². The van der Waals surface area contributed by atoms with E-state index < -0.39 is 0 Å². The second-order valence-electron chi connectivity index (χ2n) is 8.86. The SMILES string of the molecule is CCN1CCN(c2ccc(NC(=O)c3cnn(-c4ccc(Cl)cc4)c3C(C)C)c(C)c2)CC1. The molecule has 1 N–H and O–H groups in total. The number of benzene rings is 2. The largest absolute Gasteiger partial charge is 0.369 e. The number of likely N-dealkylation sites (N-methyl/N-ethyl adjacent to an activating group) is 1. The van der Waals surface area contributed by atoms with Gasteiger partial charge in [0.2, 0.25) is 0 Å². The predicted octanol–water partition coefficient (Wildman–Crippen LogP) is 5.35. The van der Waals surface area contributed by atoms with Crippen molar-refractivity contribution in [2.24, 2.45) is 0 Å². The van der Waals surface area contributed by atoms with E-state index in [4.69, 9.17) is 11.6 Å². The van der Waals surface area contributed by atoms with Gasteiger partial charge < -0.3 is 15.1 Å². The zero-order chi connectivity index (χ0) is 23.5. The topological polar surface area (TPSA) is 53.4 Å². The minimum atomic E-state index is -0.147. The lowest BCUT2D eigenvalue weighted by molar-refractivity contribution is 0.102. The van der Waals surface area contributed by atoms with Crippen LogP contribution in [-0.4, -0.2) is 53.3 Å². The van der Waals surface area contributed by atoms with Crippen LogP contribution < -0.4 is 10.2 Å². The van der Waals surface area contributed by atoms with Gasteiger partial charge in [-0.3, -0.25) is 4.79 Å². The number of carbonyl (C=O) groups is 1. The van der Waals surface area contributed by atoms with E-state index in [-0.39, 0.29) is 11.8 Å². The third kappa shape index (κ3) is 5.07. The third-order valence-electron chi connectivity index (χ3n) is 6.31. The van der Waals surface area contributed by atoms with Gasteiger partial charge in [-0.05, 0) is 67.4 Å². The summed E-state index contributed by atoms with van der Waals surface area (Å²) in [5, 5.41) is 8.28. The van der Waals surface area contributed by atoms with Gasteiger partial charge in [-0.2, -0.15) is 5.10 Å². The van der Waals surface area contributed by atoms with Crippen molar-refractivity contribution in [3.05, 3.63) is 70.5 Å². The van der Waals surface area contributed by atoms with Crippen LogP contribution in [0, 0.1) is 6.92 Å². The van der Waals surface area contributed by atoms with Crippen LogP contribution >= 0.6 is 11.6 Å². The first kappa shape index (κ1) is 23.3. The van der Waals surface area contributed by atoms with E-state index in [0.29, 0.717) is 10.6 Å². The molecule has 7 heteroatoms.